The summed E-state index contributed by atoms with van der Waals surface area (Å²) in [6.07, 6.45) is 2.86. The minimum atomic E-state index is -0.442. The van der Waals surface area contributed by atoms with Crippen LogP contribution in [0.1, 0.15) is 18.4 Å². The molecule has 0 radical (unpaired) electrons. The number of amides is 1. The highest BCUT2D eigenvalue weighted by molar-refractivity contribution is 5.78. The summed E-state index contributed by atoms with van der Waals surface area (Å²) < 4.78 is 18.9. The molecule has 3 rings (SSSR count). The van der Waals surface area contributed by atoms with E-state index >= 15 is 0 Å². The van der Waals surface area contributed by atoms with Gasteiger partial charge in [0, 0.05) is 12.6 Å². The summed E-state index contributed by atoms with van der Waals surface area (Å²) in [5.74, 6) is -0.395. The summed E-state index contributed by atoms with van der Waals surface area (Å²) >= 11 is 0. The predicted octanol–water partition coefficient (Wildman–Crippen LogP) is 3.44. The van der Waals surface area contributed by atoms with Gasteiger partial charge in [-0.3, -0.25) is 4.79 Å². The molecule has 1 atom stereocenters. The van der Waals surface area contributed by atoms with E-state index in [0.29, 0.717) is 0 Å². The number of hydrogen-bond donors (Lipinski definition) is 0. The second-order valence-corrected chi connectivity index (χ2v) is 5.79. The van der Waals surface area contributed by atoms with Crippen molar-refractivity contribution in [1.82, 2.24) is 4.90 Å². The van der Waals surface area contributed by atoms with Gasteiger partial charge < -0.3 is 9.64 Å². The largest absolute Gasteiger partial charge is 0.481 e. The molecule has 23 heavy (non-hydrogen) atoms. The average molecular weight is 313 g/mol. The Balaban J connectivity index is 1.59. The quantitative estimate of drug-likeness (QED) is 0.846. The monoisotopic (exact) mass is 313 g/mol. The Bertz CT molecular complexity index is 659. The summed E-state index contributed by atoms with van der Waals surface area (Å²) in [4.78, 5) is 14.3. The molecule has 1 amide bonds. The molecule has 2 aromatic carbocycles. The van der Waals surface area contributed by atoms with E-state index < -0.39 is 5.82 Å². The Labute approximate surface area is 135 Å². The molecule has 1 unspecified atom stereocenters. The zero-order valence-electron chi connectivity index (χ0n) is 13.0. The highest BCUT2D eigenvalue weighted by Gasteiger charge is 2.29. The minimum Gasteiger partial charge on any atom is -0.481 e. The fourth-order valence-electron chi connectivity index (χ4n) is 3.05. The molecule has 0 spiro atoms. The number of para-hydroxylation sites is 1. The number of halogens is 1. The van der Waals surface area contributed by atoms with Crippen molar-refractivity contribution in [2.75, 3.05) is 13.2 Å². The van der Waals surface area contributed by atoms with Crippen LogP contribution >= 0.6 is 0 Å². The standard InChI is InChI=1S/C19H20FNO2/c20-17-10-4-5-11-18(17)23-14-19(22)21-12-6-9-16(21)13-15-7-2-1-3-8-15/h1-5,7-8,10-11,16H,6,9,12-14H2. The van der Waals surface area contributed by atoms with Crippen molar-refractivity contribution >= 4 is 5.91 Å². The Morgan fingerprint density at radius 1 is 1.13 bits per heavy atom. The molecule has 0 aromatic heterocycles. The molecule has 1 aliphatic rings. The number of benzene rings is 2. The lowest BCUT2D eigenvalue weighted by Crippen LogP contribution is -2.39. The lowest BCUT2D eigenvalue weighted by molar-refractivity contribution is -0.134. The van der Waals surface area contributed by atoms with Gasteiger partial charge in [0.1, 0.15) is 0 Å². The third kappa shape index (κ3) is 3.89. The SMILES string of the molecule is O=C(COc1ccccc1F)N1CCCC1Cc1ccccc1. The van der Waals surface area contributed by atoms with Crippen LogP contribution in [-0.2, 0) is 11.2 Å². The maximum Gasteiger partial charge on any atom is 0.260 e. The van der Waals surface area contributed by atoms with Gasteiger partial charge in [-0.15, -0.1) is 0 Å². The number of hydrogen-bond acceptors (Lipinski definition) is 2. The van der Waals surface area contributed by atoms with Gasteiger partial charge in [-0.2, -0.15) is 0 Å². The van der Waals surface area contributed by atoms with Gasteiger partial charge in [-0.1, -0.05) is 42.5 Å². The van der Waals surface area contributed by atoms with E-state index in [2.05, 4.69) is 12.1 Å². The highest BCUT2D eigenvalue weighted by atomic mass is 19.1. The zero-order chi connectivity index (χ0) is 16.1. The van der Waals surface area contributed by atoms with Crippen molar-refractivity contribution in [3.8, 4) is 5.75 Å². The average Bonchev–Trinajstić information content (AvgIpc) is 3.03. The fourth-order valence-corrected chi connectivity index (χ4v) is 3.05. The number of carbonyl (C=O) groups excluding carboxylic acids is 1. The first-order chi connectivity index (χ1) is 11.2. The molecule has 0 saturated carbocycles. The van der Waals surface area contributed by atoms with Crippen molar-refractivity contribution in [3.05, 3.63) is 66.0 Å². The van der Waals surface area contributed by atoms with Crippen LogP contribution in [0.2, 0.25) is 0 Å². The lowest BCUT2D eigenvalue weighted by atomic mass is 10.0. The molecule has 4 heteroatoms. The molecule has 1 heterocycles. The van der Waals surface area contributed by atoms with Crippen molar-refractivity contribution in [3.63, 3.8) is 0 Å². The van der Waals surface area contributed by atoms with E-state index in [1.807, 2.05) is 23.1 Å². The van der Waals surface area contributed by atoms with Gasteiger partial charge >= 0.3 is 0 Å². The molecule has 2 aromatic rings. The first kappa shape index (κ1) is 15.5. The van der Waals surface area contributed by atoms with Crippen LogP contribution in [-0.4, -0.2) is 30.0 Å². The molecule has 0 aliphatic carbocycles. The van der Waals surface area contributed by atoms with Crippen LogP contribution in [0.5, 0.6) is 5.75 Å². The summed E-state index contributed by atoms with van der Waals surface area (Å²) in [6, 6.07) is 16.5. The van der Waals surface area contributed by atoms with E-state index in [-0.39, 0.29) is 24.3 Å². The van der Waals surface area contributed by atoms with Crippen LogP contribution < -0.4 is 4.74 Å². The van der Waals surface area contributed by atoms with Gasteiger partial charge in [-0.25, -0.2) is 4.39 Å². The van der Waals surface area contributed by atoms with Crippen LogP contribution in [0.4, 0.5) is 4.39 Å². The van der Waals surface area contributed by atoms with Gasteiger partial charge in [0.25, 0.3) is 5.91 Å². The Kier molecular flexibility index (Phi) is 4.91. The summed E-state index contributed by atoms with van der Waals surface area (Å²) in [5, 5.41) is 0. The molecular formula is C19H20FNO2. The zero-order valence-corrected chi connectivity index (χ0v) is 13.0. The second-order valence-electron chi connectivity index (χ2n) is 5.79. The Hall–Kier alpha value is -2.36. The highest BCUT2D eigenvalue weighted by Crippen LogP contribution is 2.22. The van der Waals surface area contributed by atoms with Crippen molar-refractivity contribution < 1.29 is 13.9 Å². The first-order valence-corrected chi connectivity index (χ1v) is 7.95. The van der Waals surface area contributed by atoms with E-state index in [1.54, 1.807) is 12.1 Å². The van der Waals surface area contributed by atoms with Crippen LogP contribution in [0.3, 0.4) is 0 Å². The van der Waals surface area contributed by atoms with Gasteiger partial charge in [0.2, 0.25) is 0 Å². The smallest absolute Gasteiger partial charge is 0.260 e. The molecule has 1 saturated heterocycles. The molecule has 0 bridgehead atoms. The normalized spacial score (nSPS) is 17.3. The van der Waals surface area contributed by atoms with Crippen LogP contribution in [0.25, 0.3) is 0 Å². The summed E-state index contributed by atoms with van der Waals surface area (Å²) in [6.45, 7) is 0.628. The number of ether oxygens (including phenoxy) is 1. The maximum atomic E-state index is 13.5. The third-order valence-corrected chi connectivity index (χ3v) is 4.20. The molecule has 1 fully saturated rings. The van der Waals surface area contributed by atoms with Crippen molar-refractivity contribution in [2.24, 2.45) is 0 Å². The van der Waals surface area contributed by atoms with E-state index in [4.69, 9.17) is 4.74 Å². The number of carbonyl (C=O) groups is 1. The second kappa shape index (κ2) is 7.27. The van der Waals surface area contributed by atoms with Crippen LogP contribution in [0.15, 0.2) is 54.6 Å². The molecule has 3 nitrogen and oxygen atoms in total. The van der Waals surface area contributed by atoms with Crippen molar-refractivity contribution in [1.29, 1.82) is 0 Å². The van der Waals surface area contributed by atoms with Gasteiger partial charge in [0.15, 0.2) is 18.2 Å². The number of nitrogens with zero attached hydrogens (tertiary/aromatic N) is 1. The minimum absolute atomic E-state index is 0.0771. The third-order valence-electron chi connectivity index (χ3n) is 4.20. The van der Waals surface area contributed by atoms with E-state index in [9.17, 15) is 9.18 Å². The molecular weight excluding hydrogens is 293 g/mol. The molecule has 1 aliphatic heterocycles. The number of likely N-dealkylation sites (tertiary alicyclic amines) is 1. The van der Waals surface area contributed by atoms with E-state index in [0.717, 1.165) is 25.8 Å². The van der Waals surface area contributed by atoms with E-state index in [1.165, 1.54) is 17.7 Å². The molecule has 120 valence electrons. The predicted molar refractivity (Wildman–Crippen MR) is 86.8 cm³/mol. The topological polar surface area (TPSA) is 29.5 Å². The Morgan fingerprint density at radius 2 is 1.87 bits per heavy atom. The van der Waals surface area contributed by atoms with Gasteiger partial charge in [0.05, 0.1) is 0 Å². The number of rotatable bonds is 5. The summed E-state index contributed by atoms with van der Waals surface area (Å²) in [7, 11) is 0. The molecule has 0 N–H and O–H groups in total. The maximum absolute atomic E-state index is 13.5. The Morgan fingerprint density at radius 3 is 2.65 bits per heavy atom. The summed E-state index contributed by atoms with van der Waals surface area (Å²) in [5.41, 5.74) is 1.23. The first-order valence-electron chi connectivity index (χ1n) is 7.95. The van der Waals surface area contributed by atoms with Crippen molar-refractivity contribution in [2.45, 2.75) is 25.3 Å². The fraction of sp³-hybridized carbons (Fsp3) is 0.316. The van der Waals surface area contributed by atoms with Crippen LogP contribution in [0, 0.1) is 5.82 Å². The van der Waals surface area contributed by atoms with Gasteiger partial charge in [-0.05, 0) is 37.0 Å². The lowest BCUT2D eigenvalue weighted by Gasteiger charge is -2.25.